The van der Waals surface area contributed by atoms with E-state index in [1.54, 1.807) is 51.3 Å². The van der Waals surface area contributed by atoms with Crippen molar-refractivity contribution in [2.75, 3.05) is 13.7 Å². The first-order valence-corrected chi connectivity index (χ1v) is 14.3. The van der Waals surface area contributed by atoms with Gasteiger partial charge in [0, 0.05) is 17.2 Å². The number of carboxylic acid groups (broad SMARTS) is 1. The minimum absolute atomic E-state index is 0.166. The molecular weight excluding hydrogens is 568 g/mol. The molecule has 1 aliphatic heterocycles. The second kappa shape index (κ2) is 11.2. The summed E-state index contributed by atoms with van der Waals surface area (Å²) in [6, 6.07) is 20.5. The maximum absolute atomic E-state index is 14.1. The van der Waals surface area contributed by atoms with E-state index in [1.807, 2.05) is 36.4 Å². The van der Waals surface area contributed by atoms with Gasteiger partial charge in [-0.25, -0.2) is 14.6 Å². The Kier molecular flexibility index (Phi) is 7.29. The lowest BCUT2D eigenvalue weighted by molar-refractivity contribution is -0.139. The Morgan fingerprint density at radius 2 is 1.84 bits per heavy atom. The highest BCUT2D eigenvalue weighted by Crippen LogP contribution is 2.40. The van der Waals surface area contributed by atoms with Crippen LogP contribution in [0, 0.1) is 0 Å². The molecule has 10 heteroatoms. The van der Waals surface area contributed by atoms with Gasteiger partial charge in [-0.2, -0.15) is 0 Å². The summed E-state index contributed by atoms with van der Waals surface area (Å²) >= 11 is 1.19. The van der Waals surface area contributed by atoms with Crippen molar-refractivity contribution in [1.82, 2.24) is 4.57 Å². The van der Waals surface area contributed by atoms with Gasteiger partial charge in [-0.3, -0.25) is 9.36 Å². The van der Waals surface area contributed by atoms with E-state index in [4.69, 9.17) is 13.9 Å². The van der Waals surface area contributed by atoms with Crippen LogP contribution < -0.4 is 19.6 Å². The number of allylic oxidation sites excluding steroid dienone is 1. The van der Waals surface area contributed by atoms with E-state index in [9.17, 15) is 19.5 Å². The third kappa shape index (κ3) is 4.95. The Balaban J connectivity index is 1.53. The zero-order valence-electron chi connectivity index (χ0n) is 23.5. The molecular formula is C33H26N2O7S. The van der Waals surface area contributed by atoms with E-state index in [0.717, 1.165) is 10.8 Å². The maximum Gasteiger partial charge on any atom is 0.338 e. The normalized spacial score (nSPS) is 14.9. The number of rotatable bonds is 7. The summed E-state index contributed by atoms with van der Waals surface area (Å²) < 4.78 is 19.1. The molecule has 1 atom stereocenters. The first-order chi connectivity index (χ1) is 20.8. The van der Waals surface area contributed by atoms with Crippen LogP contribution in [0.25, 0.3) is 28.2 Å². The number of hydrogen-bond donors (Lipinski definition) is 1. The monoisotopic (exact) mass is 594 g/mol. The molecule has 0 aliphatic carbocycles. The van der Waals surface area contributed by atoms with Gasteiger partial charge in [-0.15, -0.1) is 0 Å². The Bertz CT molecular complexity index is 2120. The summed E-state index contributed by atoms with van der Waals surface area (Å²) in [6.07, 6.45) is 1.64. The number of aromatic carboxylic acids is 1. The van der Waals surface area contributed by atoms with Crippen LogP contribution in [0.2, 0.25) is 0 Å². The number of carbonyl (C=O) groups excluding carboxylic acids is 1. The highest BCUT2D eigenvalue weighted by atomic mass is 32.1. The number of benzene rings is 3. The SMILES string of the molecule is CCOC(=O)C1=C(C)N=c2sc(=Cc3ccc(-c4ccc(C(=O)O)cc4)o3)c(=O)n2[C@@H]1c1c(OC)ccc2ccccc12. The van der Waals surface area contributed by atoms with E-state index >= 15 is 0 Å². The second-order valence-electron chi connectivity index (χ2n) is 9.79. The van der Waals surface area contributed by atoms with Gasteiger partial charge in [0.05, 0.1) is 35.1 Å². The number of esters is 1. The Hall–Kier alpha value is -5.22. The largest absolute Gasteiger partial charge is 0.496 e. The molecule has 216 valence electrons. The molecule has 43 heavy (non-hydrogen) atoms. The van der Waals surface area contributed by atoms with Gasteiger partial charge in [0.2, 0.25) is 0 Å². The summed E-state index contributed by atoms with van der Waals surface area (Å²) in [6.45, 7) is 3.64. The third-order valence-electron chi connectivity index (χ3n) is 7.26. The fraction of sp³-hybridized carbons (Fsp3) is 0.152. The number of carbonyl (C=O) groups is 2. The minimum Gasteiger partial charge on any atom is -0.496 e. The van der Waals surface area contributed by atoms with Crippen LogP contribution in [0.15, 0.2) is 98.3 Å². The lowest BCUT2D eigenvalue weighted by Crippen LogP contribution is -2.40. The predicted molar refractivity (Wildman–Crippen MR) is 162 cm³/mol. The van der Waals surface area contributed by atoms with Crippen LogP contribution in [0.1, 0.15) is 41.6 Å². The van der Waals surface area contributed by atoms with Gasteiger partial charge < -0.3 is 19.0 Å². The summed E-state index contributed by atoms with van der Waals surface area (Å²) in [4.78, 5) is 43.8. The number of carboxylic acids is 1. The number of methoxy groups -OCH3 is 1. The molecule has 0 fully saturated rings. The first kappa shape index (κ1) is 27.9. The van der Waals surface area contributed by atoms with Crippen molar-refractivity contribution >= 4 is 40.1 Å². The topological polar surface area (TPSA) is 120 Å². The average molecular weight is 595 g/mol. The molecule has 2 aromatic heterocycles. The molecule has 6 rings (SSSR count). The lowest BCUT2D eigenvalue weighted by atomic mass is 9.90. The molecule has 9 nitrogen and oxygen atoms in total. The number of ether oxygens (including phenoxy) is 2. The molecule has 0 spiro atoms. The molecule has 0 radical (unpaired) electrons. The predicted octanol–water partition coefficient (Wildman–Crippen LogP) is 4.92. The second-order valence-corrected chi connectivity index (χ2v) is 10.8. The smallest absolute Gasteiger partial charge is 0.338 e. The molecule has 5 aromatic rings. The Labute approximate surface area is 249 Å². The Morgan fingerprint density at radius 1 is 1.07 bits per heavy atom. The summed E-state index contributed by atoms with van der Waals surface area (Å²) in [5, 5.41) is 10.9. The van der Waals surface area contributed by atoms with E-state index < -0.39 is 18.0 Å². The maximum atomic E-state index is 14.1. The van der Waals surface area contributed by atoms with Crippen molar-refractivity contribution in [2.45, 2.75) is 19.9 Å². The molecule has 0 saturated heterocycles. The number of aromatic nitrogens is 1. The lowest BCUT2D eigenvalue weighted by Gasteiger charge is -2.27. The number of hydrogen-bond acceptors (Lipinski definition) is 8. The Morgan fingerprint density at radius 3 is 2.56 bits per heavy atom. The third-order valence-corrected chi connectivity index (χ3v) is 8.24. The summed E-state index contributed by atoms with van der Waals surface area (Å²) in [5.74, 6) is -0.0808. The van der Waals surface area contributed by atoms with Crippen molar-refractivity contribution in [3.63, 3.8) is 0 Å². The molecule has 0 bridgehead atoms. The fourth-order valence-corrected chi connectivity index (χ4v) is 6.32. The minimum atomic E-state index is -1.01. The highest BCUT2D eigenvalue weighted by Gasteiger charge is 2.36. The number of thiazole rings is 1. The van der Waals surface area contributed by atoms with Crippen LogP contribution in [-0.2, 0) is 9.53 Å². The molecule has 0 unspecified atom stereocenters. The fourth-order valence-electron chi connectivity index (χ4n) is 5.29. The van der Waals surface area contributed by atoms with Crippen LogP contribution in [0.4, 0.5) is 0 Å². The van der Waals surface area contributed by atoms with Crippen molar-refractivity contribution < 1.29 is 28.6 Å². The van der Waals surface area contributed by atoms with Crippen LogP contribution in [-0.4, -0.2) is 35.3 Å². The van der Waals surface area contributed by atoms with E-state index in [1.165, 1.54) is 28.0 Å². The summed E-state index contributed by atoms with van der Waals surface area (Å²) in [5.41, 5.74) is 1.91. The van der Waals surface area contributed by atoms with Crippen LogP contribution in [0.5, 0.6) is 5.75 Å². The van der Waals surface area contributed by atoms with Gasteiger partial charge in [0.15, 0.2) is 4.80 Å². The zero-order valence-corrected chi connectivity index (χ0v) is 24.3. The van der Waals surface area contributed by atoms with E-state index in [0.29, 0.717) is 43.4 Å². The van der Waals surface area contributed by atoms with Gasteiger partial charge in [-0.05, 0) is 55.0 Å². The van der Waals surface area contributed by atoms with E-state index in [-0.39, 0.29) is 23.3 Å². The molecule has 1 N–H and O–H groups in total. The molecule has 0 amide bonds. The van der Waals surface area contributed by atoms with E-state index in [2.05, 4.69) is 4.99 Å². The van der Waals surface area contributed by atoms with Crippen LogP contribution >= 0.6 is 11.3 Å². The van der Waals surface area contributed by atoms with Crippen molar-refractivity contribution in [3.05, 3.63) is 121 Å². The number of nitrogens with zero attached hydrogens (tertiary/aromatic N) is 2. The highest BCUT2D eigenvalue weighted by molar-refractivity contribution is 7.07. The van der Waals surface area contributed by atoms with Gasteiger partial charge in [0.1, 0.15) is 23.3 Å². The molecule has 0 saturated carbocycles. The standard InChI is InChI=1S/C33H26N2O7S/c1-4-41-32(39)27-18(2)34-33-35(29(27)28-23-8-6-5-7-19(23)13-15-25(28)40-3)30(36)26(43-33)17-22-14-16-24(42-22)20-9-11-21(12-10-20)31(37)38/h5-17,29H,4H2,1-3H3,(H,37,38)/t29-/m0/s1. The van der Waals surface area contributed by atoms with Gasteiger partial charge >= 0.3 is 11.9 Å². The molecule has 3 aromatic carbocycles. The zero-order chi connectivity index (χ0) is 30.2. The van der Waals surface area contributed by atoms with Crippen molar-refractivity contribution in [1.29, 1.82) is 0 Å². The van der Waals surface area contributed by atoms with Gasteiger partial charge in [0.25, 0.3) is 5.56 Å². The van der Waals surface area contributed by atoms with Crippen LogP contribution in [0.3, 0.4) is 0 Å². The quantitative estimate of drug-likeness (QED) is 0.266. The van der Waals surface area contributed by atoms with Crippen molar-refractivity contribution in [2.24, 2.45) is 4.99 Å². The number of fused-ring (bicyclic) bond motifs is 2. The number of furan rings is 1. The van der Waals surface area contributed by atoms with Gasteiger partial charge in [-0.1, -0.05) is 53.8 Å². The average Bonchev–Trinajstić information content (AvgIpc) is 3.60. The summed E-state index contributed by atoms with van der Waals surface area (Å²) in [7, 11) is 1.56. The molecule has 1 aliphatic rings. The van der Waals surface area contributed by atoms with Crippen molar-refractivity contribution in [3.8, 4) is 17.1 Å². The first-order valence-electron chi connectivity index (χ1n) is 13.5. The molecule has 3 heterocycles.